The summed E-state index contributed by atoms with van der Waals surface area (Å²) in [5, 5.41) is 22.3. The maximum absolute atomic E-state index is 12.0. The molecule has 0 aliphatic rings. The number of amides is 1. The van der Waals surface area contributed by atoms with Crippen molar-refractivity contribution in [1.82, 2.24) is 5.32 Å². The Kier molecular flexibility index (Phi) is 5.25. The van der Waals surface area contributed by atoms with Gasteiger partial charge in [-0.25, -0.2) is 0 Å². The van der Waals surface area contributed by atoms with Gasteiger partial charge in [-0.2, -0.15) is 0 Å². The number of ether oxygens (including phenoxy) is 1. The molecule has 2 N–H and O–H groups in total. The average molecular weight is 268 g/mol. The van der Waals surface area contributed by atoms with Crippen LogP contribution in [-0.2, 0) is 0 Å². The number of hydrogen-bond acceptors (Lipinski definition) is 5. The van der Waals surface area contributed by atoms with E-state index in [9.17, 15) is 14.9 Å². The van der Waals surface area contributed by atoms with Gasteiger partial charge in [0.25, 0.3) is 11.6 Å². The summed E-state index contributed by atoms with van der Waals surface area (Å²) >= 11 is 0. The van der Waals surface area contributed by atoms with Crippen LogP contribution in [0.3, 0.4) is 0 Å². The van der Waals surface area contributed by atoms with Crippen LogP contribution < -0.4 is 10.1 Å². The molecule has 0 aromatic heterocycles. The van der Waals surface area contributed by atoms with Crippen LogP contribution in [-0.4, -0.2) is 35.7 Å². The van der Waals surface area contributed by atoms with Gasteiger partial charge in [0.15, 0.2) is 0 Å². The molecule has 7 nitrogen and oxygen atoms in total. The van der Waals surface area contributed by atoms with Gasteiger partial charge in [0.2, 0.25) is 0 Å². The average Bonchev–Trinajstić information content (AvgIpc) is 2.43. The van der Waals surface area contributed by atoms with Crippen LogP contribution in [0.25, 0.3) is 0 Å². The molecule has 0 saturated carbocycles. The number of aliphatic hydroxyl groups is 1. The number of nitrogens with one attached hydrogen (secondary N) is 1. The minimum absolute atomic E-state index is 0.0728. The molecule has 1 aromatic carbocycles. The van der Waals surface area contributed by atoms with E-state index in [0.717, 1.165) is 6.07 Å². The molecule has 1 amide bonds. The highest BCUT2D eigenvalue weighted by molar-refractivity contribution is 5.97. The van der Waals surface area contributed by atoms with E-state index in [2.05, 4.69) is 5.32 Å². The van der Waals surface area contributed by atoms with Crippen LogP contribution >= 0.6 is 0 Å². The van der Waals surface area contributed by atoms with Gasteiger partial charge in [-0.15, -0.1) is 0 Å². The second-order valence-electron chi connectivity index (χ2n) is 3.90. The predicted octanol–water partition coefficient (Wildman–Crippen LogP) is 1.10. The highest BCUT2D eigenvalue weighted by Gasteiger charge is 2.19. The van der Waals surface area contributed by atoms with Gasteiger partial charge < -0.3 is 15.2 Å². The molecule has 0 fully saturated rings. The minimum Gasteiger partial charge on any atom is -0.496 e. The van der Waals surface area contributed by atoms with E-state index in [1.54, 1.807) is 0 Å². The van der Waals surface area contributed by atoms with Gasteiger partial charge in [0.05, 0.1) is 30.2 Å². The van der Waals surface area contributed by atoms with Crippen molar-refractivity contribution in [3.63, 3.8) is 0 Å². The normalized spacial score (nSPS) is 11.7. The zero-order valence-corrected chi connectivity index (χ0v) is 10.8. The van der Waals surface area contributed by atoms with E-state index >= 15 is 0 Å². The summed E-state index contributed by atoms with van der Waals surface area (Å²) in [7, 11) is 1.38. The zero-order chi connectivity index (χ0) is 14.4. The van der Waals surface area contributed by atoms with Crippen molar-refractivity contribution in [2.24, 2.45) is 0 Å². The Morgan fingerprint density at radius 1 is 1.58 bits per heavy atom. The molecule has 1 atom stereocenters. The molecule has 0 bridgehead atoms. The van der Waals surface area contributed by atoms with Crippen LogP contribution in [0.4, 0.5) is 5.69 Å². The van der Waals surface area contributed by atoms with Crippen molar-refractivity contribution in [3.8, 4) is 5.75 Å². The Morgan fingerprint density at radius 3 is 2.74 bits per heavy atom. The number of carbonyl (C=O) groups is 1. The van der Waals surface area contributed by atoms with Gasteiger partial charge in [0, 0.05) is 12.1 Å². The summed E-state index contributed by atoms with van der Waals surface area (Å²) in [5.41, 5.74) is -0.119. The highest BCUT2D eigenvalue weighted by atomic mass is 16.6. The second-order valence-corrected chi connectivity index (χ2v) is 3.90. The summed E-state index contributed by atoms with van der Waals surface area (Å²) < 4.78 is 5.00. The van der Waals surface area contributed by atoms with Crippen molar-refractivity contribution < 1.29 is 19.6 Å². The van der Waals surface area contributed by atoms with Gasteiger partial charge in [-0.3, -0.25) is 14.9 Å². The molecule has 0 aliphatic heterocycles. The van der Waals surface area contributed by atoms with Gasteiger partial charge in [-0.1, -0.05) is 6.92 Å². The lowest BCUT2D eigenvalue weighted by atomic mass is 10.1. The standard InChI is InChI=1S/C12H16N2O5/c1-3-8(7-15)13-12(16)10-6-9(14(17)18)4-5-11(10)19-2/h4-6,8,15H,3,7H2,1-2H3,(H,13,16)/t8-/m0/s1. The van der Waals surface area contributed by atoms with Crippen LogP contribution in [0.2, 0.25) is 0 Å². The largest absolute Gasteiger partial charge is 0.496 e. The molecule has 0 saturated heterocycles. The molecule has 0 radical (unpaired) electrons. The smallest absolute Gasteiger partial charge is 0.270 e. The fourth-order valence-corrected chi connectivity index (χ4v) is 1.53. The Balaban J connectivity index is 3.05. The third kappa shape index (κ3) is 3.65. The summed E-state index contributed by atoms with van der Waals surface area (Å²) in [6, 6.07) is 3.39. The molecule has 1 aromatic rings. The number of carbonyl (C=O) groups excluding carboxylic acids is 1. The zero-order valence-electron chi connectivity index (χ0n) is 10.8. The van der Waals surface area contributed by atoms with E-state index in [1.165, 1.54) is 19.2 Å². The number of benzene rings is 1. The van der Waals surface area contributed by atoms with Crippen molar-refractivity contribution in [2.75, 3.05) is 13.7 Å². The number of nitro benzene ring substituents is 1. The number of nitrogens with zero attached hydrogens (tertiary/aromatic N) is 1. The maximum atomic E-state index is 12.0. The number of rotatable bonds is 6. The quantitative estimate of drug-likeness (QED) is 0.594. The first-order chi connectivity index (χ1) is 9.03. The minimum atomic E-state index is -0.584. The Bertz CT molecular complexity index is 471. The van der Waals surface area contributed by atoms with Crippen molar-refractivity contribution in [1.29, 1.82) is 0 Å². The van der Waals surface area contributed by atoms with E-state index in [4.69, 9.17) is 9.84 Å². The van der Waals surface area contributed by atoms with E-state index < -0.39 is 16.9 Å². The number of aliphatic hydroxyl groups excluding tert-OH is 1. The first-order valence-corrected chi connectivity index (χ1v) is 5.77. The Hall–Kier alpha value is -2.15. The van der Waals surface area contributed by atoms with E-state index in [0.29, 0.717) is 6.42 Å². The summed E-state index contributed by atoms with van der Waals surface area (Å²) in [4.78, 5) is 22.1. The molecular formula is C12H16N2O5. The Morgan fingerprint density at radius 2 is 2.26 bits per heavy atom. The third-order valence-corrected chi connectivity index (χ3v) is 2.69. The van der Waals surface area contributed by atoms with E-state index in [1.807, 2.05) is 6.92 Å². The number of hydrogen-bond donors (Lipinski definition) is 2. The predicted molar refractivity (Wildman–Crippen MR) is 68.3 cm³/mol. The van der Waals surface area contributed by atoms with Crippen LogP contribution in [0.5, 0.6) is 5.75 Å². The van der Waals surface area contributed by atoms with Gasteiger partial charge in [-0.05, 0) is 12.5 Å². The van der Waals surface area contributed by atoms with Gasteiger partial charge in [0.1, 0.15) is 5.75 Å². The van der Waals surface area contributed by atoms with Crippen molar-refractivity contribution in [2.45, 2.75) is 19.4 Å². The first kappa shape index (κ1) is 14.9. The third-order valence-electron chi connectivity index (χ3n) is 2.69. The molecule has 104 valence electrons. The molecule has 7 heteroatoms. The molecule has 0 spiro atoms. The second kappa shape index (κ2) is 6.69. The highest BCUT2D eigenvalue weighted by Crippen LogP contribution is 2.24. The lowest BCUT2D eigenvalue weighted by Crippen LogP contribution is -2.37. The summed E-state index contributed by atoms with van der Waals surface area (Å²) in [6.45, 7) is 1.62. The lowest BCUT2D eigenvalue weighted by molar-refractivity contribution is -0.384. The van der Waals surface area contributed by atoms with E-state index in [-0.39, 0.29) is 23.6 Å². The number of nitro groups is 1. The maximum Gasteiger partial charge on any atom is 0.270 e. The molecule has 0 heterocycles. The SMILES string of the molecule is CC[C@@H](CO)NC(=O)c1cc([N+](=O)[O-])ccc1OC. The van der Waals surface area contributed by atoms with Crippen molar-refractivity contribution in [3.05, 3.63) is 33.9 Å². The molecule has 0 aliphatic carbocycles. The summed E-state index contributed by atoms with van der Waals surface area (Å²) in [6.07, 6.45) is 0.555. The number of methoxy groups -OCH3 is 1. The van der Waals surface area contributed by atoms with Crippen LogP contribution in [0.1, 0.15) is 23.7 Å². The molecule has 19 heavy (non-hydrogen) atoms. The van der Waals surface area contributed by atoms with Crippen molar-refractivity contribution >= 4 is 11.6 Å². The van der Waals surface area contributed by atoms with Crippen LogP contribution in [0.15, 0.2) is 18.2 Å². The molecule has 1 rings (SSSR count). The topological polar surface area (TPSA) is 102 Å². The fraction of sp³-hybridized carbons (Fsp3) is 0.417. The Labute approximate surface area is 110 Å². The first-order valence-electron chi connectivity index (χ1n) is 5.77. The molecule has 0 unspecified atom stereocenters. The fourth-order valence-electron chi connectivity index (χ4n) is 1.53. The summed E-state index contributed by atoms with van der Waals surface area (Å²) in [5.74, 6) is -0.266. The monoisotopic (exact) mass is 268 g/mol. The molecular weight excluding hydrogens is 252 g/mol. The number of non-ortho nitro benzene ring substituents is 1. The lowest BCUT2D eigenvalue weighted by Gasteiger charge is -2.15. The van der Waals surface area contributed by atoms with Gasteiger partial charge >= 0.3 is 0 Å². The van der Waals surface area contributed by atoms with Crippen LogP contribution in [0, 0.1) is 10.1 Å².